The van der Waals surface area contributed by atoms with Crippen molar-refractivity contribution < 1.29 is 9.59 Å². The molecule has 0 bridgehead atoms. The highest BCUT2D eigenvalue weighted by molar-refractivity contribution is 6.00. The first kappa shape index (κ1) is 19.5. The van der Waals surface area contributed by atoms with Crippen molar-refractivity contribution in [3.63, 3.8) is 0 Å². The Labute approximate surface area is 173 Å². The zero-order chi connectivity index (χ0) is 21.6. The van der Waals surface area contributed by atoms with E-state index in [1.807, 2.05) is 32.0 Å². The van der Waals surface area contributed by atoms with Crippen molar-refractivity contribution in [2.75, 3.05) is 11.1 Å². The van der Waals surface area contributed by atoms with E-state index in [0.717, 1.165) is 22.1 Å². The summed E-state index contributed by atoms with van der Waals surface area (Å²) in [5.41, 5.74) is 10.2. The molecule has 30 heavy (non-hydrogen) atoms. The van der Waals surface area contributed by atoms with Crippen LogP contribution in [0.5, 0.6) is 0 Å². The van der Waals surface area contributed by atoms with Crippen molar-refractivity contribution in [2.45, 2.75) is 27.2 Å². The van der Waals surface area contributed by atoms with E-state index in [1.165, 1.54) is 0 Å². The summed E-state index contributed by atoms with van der Waals surface area (Å²) in [7, 11) is 0. The van der Waals surface area contributed by atoms with Crippen LogP contribution >= 0.6 is 0 Å². The normalized spacial score (nSPS) is 17.4. The molecule has 1 amide bonds. The molecule has 0 unspecified atom stereocenters. The number of pyridine rings is 2. The molecule has 7 heteroatoms. The van der Waals surface area contributed by atoms with Crippen LogP contribution in [0.1, 0.15) is 34.8 Å². The van der Waals surface area contributed by atoms with Gasteiger partial charge in [-0.15, -0.1) is 0 Å². The minimum atomic E-state index is -0.272. The van der Waals surface area contributed by atoms with Gasteiger partial charge in [-0.1, -0.05) is 6.07 Å². The molecule has 1 aliphatic carbocycles. The molecule has 0 saturated heterocycles. The number of hydrogen-bond acceptors (Lipinski definition) is 6. The third kappa shape index (κ3) is 3.48. The Balaban J connectivity index is 1.74. The van der Waals surface area contributed by atoms with Crippen molar-refractivity contribution >= 4 is 34.1 Å². The van der Waals surface area contributed by atoms with Gasteiger partial charge in [-0.2, -0.15) is 5.26 Å². The molecule has 0 spiro atoms. The van der Waals surface area contributed by atoms with Crippen LogP contribution in [0, 0.1) is 37.0 Å². The fourth-order valence-electron chi connectivity index (χ4n) is 3.73. The number of rotatable bonds is 4. The third-order valence-corrected chi connectivity index (χ3v) is 5.52. The lowest BCUT2D eigenvalue weighted by Gasteiger charge is -2.13. The number of nitrogens with zero attached hydrogens (tertiary/aromatic N) is 3. The van der Waals surface area contributed by atoms with Crippen LogP contribution in [0.25, 0.3) is 22.0 Å². The maximum absolute atomic E-state index is 12.2. The molecule has 0 radical (unpaired) electrons. The predicted molar refractivity (Wildman–Crippen MR) is 115 cm³/mol. The molecule has 1 aliphatic rings. The summed E-state index contributed by atoms with van der Waals surface area (Å²) in [5.74, 6) is 0.0351. The predicted octanol–water partition coefficient (Wildman–Crippen LogP) is 3.80. The Hall–Kier alpha value is -3.79. The molecule has 150 valence electrons. The standard InChI is InChI=1S/C23H21N5O2/c1-11-4-12(2)17(8-16(11)13(3)29)20-6-14-7-21(26-10-19(14)22(25)27-20)28-23(30)18-5-15(18)9-24/h4,6-8,10,15,18H,5H2,1-3H3,(H2,25,27)(H,26,28,30)/t15-,18+/m0/s1. The van der Waals surface area contributed by atoms with Gasteiger partial charge >= 0.3 is 0 Å². The van der Waals surface area contributed by atoms with Crippen LogP contribution in [-0.2, 0) is 4.79 Å². The third-order valence-electron chi connectivity index (χ3n) is 5.52. The average molecular weight is 399 g/mol. The first-order valence-corrected chi connectivity index (χ1v) is 9.67. The largest absolute Gasteiger partial charge is 0.383 e. The molecule has 0 aliphatic heterocycles. The summed E-state index contributed by atoms with van der Waals surface area (Å²) in [6.07, 6.45) is 2.16. The number of nitrogens with one attached hydrogen (secondary N) is 1. The summed E-state index contributed by atoms with van der Waals surface area (Å²) in [4.78, 5) is 33.0. The number of carbonyl (C=O) groups excluding carboxylic acids is 2. The van der Waals surface area contributed by atoms with E-state index in [-0.39, 0.29) is 23.5 Å². The number of fused-ring (bicyclic) bond motifs is 1. The number of nitrogen functional groups attached to an aromatic ring is 1. The summed E-state index contributed by atoms with van der Waals surface area (Å²) in [5, 5.41) is 13.1. The Morgan fingerprint density at radius 1 is 1.20 bits per heavy atom. The van der Waals surface area contributed by atoms with Gasteiger partial charge in [-0.3, -0.25) is 9.59 Å². The molecule has 7 nitrogen and oxygen atoms in total. The van der Waals surface area contributed by atoms with Gasteiger partial charge in [0.2, 0.25) is 5.91 Å². The highest BCUT2D eigenvalue weighted by Gasteiger charge is 2.43. The highest BCUT2D eigenvalue weighted by Crippen LogP contribution is 2.38. The van der Waals surface area contributed by atoms with Crippen molar-refractivity contribution in [3.8, 4) is 17.3 Å². The zero-order valence-electron chi connectivity index (χ0n) is 17.0. The lowest BCUT2D eigenvalue weighted by molar-refractivity contribution is -0.117. The number of anilines is 2. The molecule has 3 N–H and O–H groups in total. The number of hydrogen-bond donors (Lipinski definition) is 2. The monoisotopic (exact) mass is 399 g/mol. The maximum Gasteiger partial charge on any atom is 0.230 e. The quantitative estimate of drug-likeness (QED) is 0.644. The van der Waals surface area contributed by atoms with E-state index >= 15 is 0 Å². The number of amides is 1. The molecule has 1 saturated carbocycles. The van der Waals surface area contributed by atoms with E-state index in [0.29, 0.717) is 34.7 Å². The first-order valence-electron chi connectivity index (χ1n) is 9.67. The van der Waals surface area contributed by atoms with Crippen molar-refractivity contribution in [3.05, 3.63) is 47.2 Å². The lowest BCUT2D eigenvalue weighted by atomic mass is 9.95. The van der Waals surface area contributed by atoms with Crippen molar-refractivity contribution in [2.24, 2.45) is 11.8 Å². The molecule has 1 fully saturated rings. The smallest absolute Gasteiger partial charge is 0.230 e. The van der Waals surface area contributed by atoms with E-state index in [1.54, 1.807) is 19.2 Å². The number of Topliss-reactive ketones (excluding diaryl/α,β-unsaturated/α-hetero) is 1. The second-order valence-corrected chi connectivity index (χ2v) is 7.79. The Morgan fingerprint density at radius 2 is 1.97 bits per heavy atom. The van der Waals surface area contributed by atoms with Crippen LogP contribution in [0.15, 0.2) is 30.5 Å². The highest BCUT2D eigenvalue weighted by atomic mass is 16.2. The number of nitrogens with two attached hydrogens (primary N) is 1. The molecule has 4 rings (SSSR count). The van der Waals surface area contributed by atoms with E-state index < -0.39 is 0 Å². The van der Waals surface area contributed by atoms with Gasteiger partial charge in [-0.05, 0) is 61.9 Å². The van der Waals surface area contributed by atoms with Crippen LogP contribution in [0.3, 0.4) is 0 Å². The Kier molecular flexibility index (Phi) is 4.70. The van der Waals surface area contributed by atoms with Crippen LogP contribution in [0.2, 0.25) is 0 Å². The fourth-order valence-corrected chi connectivity index (χ4v) is 3.73. The van der Waals surface area contributed by atoms with Crippen molar-refractivity contribution in [1.82, 2.24) is 9.97 Å². The van der Waals surface area contributed by atoms with Crippen LogP contribution in [0.4, 0.5) is 11.6 Å². The van der Waals surface area contributed by atoms with Crippen LogP contribution < -0.4 is 11.1 Å². The van der Waals surface area contributed by atoms with Gasteiger partial charge in [0.25, 0.3) is 0 Å². The van der Waals surface area contributed by atoms with Gasteiger partial charge in [0, 0.05) is 22.7 Å². The molecular weight excluding hydrogens is 378 g/mol. The molecule has 2 heterocycles. The number of aryl methyl sites for hydroxylation is 2. The second-order valence-electron chi connectivity index (χ2n) is 7.79. The van der Waals surface area contributed by atoms with Gasteiger partial charge in [0.15, 0.2) is 5.78 Å². The first-order chi connectivity index (χ1) is 14.3. The Morgan fingerprint density at radius 3 is 2.63 bits per heavy atom. The topological polar surface area (TPSA) is 122 Å². The minimum Gasteiger partial charge on any atom is -0.383 e. The van der Waals surface area contributed by atoms with Crippen LogP contribution in [-0.4, -0.2) is 21.7 Å². The maximum atomic E-state index is 12.2. The summed E-state index contributed by atoms with van der Waals surface area (Å²) in [6, 6.07) is 9.54. The van der Waals surface area contributed by atoms with Crippen molar-refractivity contribution in [1.29, 1.82) is 5.26 Å². The zero-order valence-corrected chi connectivity index (χ0v) is 17.0. The molecular formula is C23H21N5O2. The van der Waals surface area contributed by atoms with E-state index in [2.05, 4.69) is 21.4 Å². The number of aromatic nitrogens is 2. The summed E-state index contributed by atoms with van der Waals surface area (Å²) >= 11 is 0. The SMILES string of the molecule is CC(=O)c1cc(-c2cc3cc(NC(=O)[C@@H]4C[C@H]4C#N)ncc3c(N)n2)c(C)cc1C. The average Bonchev–Trinajstić information content (AvgIpc) is 3.47. The minimum absolute atomic E-state index is 0.00698. The fraction of sp³-hybridized carbons (Fsp3) is 0.261. The number of nitriles is 1. The molecule has 3 aromatic rings. The van der Waals surface area contributed by atoms with Gasteiger partial charge in [0.05, 0.1) is 23.6 Å². The summed E-state index contributed by atoms with van der Waals surface area (Å²) in [6.45, 7) is 5.42. The van der Waals surface area contributed by atoms with Gasteiger partial charge in [-0.25, -0.2) is 9.97 Å². The lowest BCUT2D eigenvalue weighted by Crippen LogP contribution is -2.15. The summed E-state index contributed by atoms with van der Waals surface area (Å²) < 4.78 is 0. The number of carbonyl (C=O) groups is 2. The number of benzene rings is 1. The van der Waals surface area contributed by atoms with E-state index in [9.17, 15) is 9.59 Å². The van der Waals surface area contributed by atoms with E-state index in [4.69, 9.17) is 11.0 Å². The molecule has 1 aromatic carbocycles. The second kappa shape index (κ2) is 7.23. The Bertz CT molecular complexity index is 1260. The molecule has 2 atom stereocenters. The molecule has 2 aromatic heterocycles. The van der Waals surface area contributed by atoms with Gasteiger partial charge in [0.1, 0.15) is 11.6 Å². The number of ketones is 1. The van der Waals surface area contributed by atoms with Gasteiger partial charge < -0.3 is 11.1 Å².